The standard InChI is InChI=1S/C54H101O11P/c1-4-7-10-13-16-19-22-24-25-27-30-33-36-39-42-45-54(58)65-51(47-61-52(56)43-40-37-34-31-29-26-23-20-17-14-11-8-5-2)49-63-66(59,60)62-48-50(46-55)64-53(57)44-41-38-35-32-28-21-18-15-12-9-6-3/h16,19,24-25,50-51,55H,4-15,17-18,20-23,26-49H2,1-3H3,(H,59,60)/b19-16-,25-24-. The van der Waals surface area contributed by atoms with Gasteiger partial charge in [-0.05, 0) is 51.4 Å². The molecule has 2 N–H and O–H groups in total. The van der Waals surface area contributed by atoms with Crippen LogP contribution in [0.2, 0.25) is 0 Å². The molecule has 12 heteroatoms. The third-order valence-corrected chi connectivity index (χ3v) is 12.8. The molecule has 0 saturated carbocycles. The molecule has 0 bridgehead atoms. The van der Waals surface area contributed by atoms with Gasteiger partial charge in [0, 0.05) is 19.3 Å². The van der Waals surface area contributed by atoms with Gasteiger partial charge < -0.3 is 24.2 Å². The lowest BCUT2D eigenvalue weighted by Gasteiger charge is -2.21. The van der Waals surface area contributed by atoms with E-state index in [-0.39, 0.29) is 25.9 Å². The van der Waals surface area contributed by atoms with Crippen molar-refractivity contribution in [3.05, 3.63) is 24.3 Å². The van der Waals surface area contributed by atoms with Crippen LogP contribution in [-0.2, 0) is 42.2 Å². The number of phosphoric ester groups is 1. The van der Waals surface area contributed by atoms with Crippen molar-refractivity contribution in [2.24, 2.45) is 0 Å². The molecule has 3 atom stereocenters. The summed E-state index contributed by atoms with van der Waals surface area (Å²) >= 11 is 0. The summed E-state index contributed by atoms with van der Waals surface area (Å²) in [6.07, 6.45) is 47.1. The molecular weight excluding hydrogens is 856 g/mol. The molecule has 388 valence electrons. The Labute approximate surface area is 404 Å². The molecule has 0 amide bonds. The van der Waals surface area contributed by atoms with Gasteiger partial charge in [0.05, 0.1) is 19.8 Å². The number of hydrogen-bond acceptors (Lipinski definition) is 10. The van der Waals surface area contributed by atoms with Crippen LogP contribution in [0.1, 0.15) is 265 Å². The van der Waals surface area contributed by atoms with E-state index < -0.39 is 57.8 Å². The Bertz CT molecular complexity index is 1210. The summed E-state index contributed by atoms with van der Waals surface area (Å²) in [6.45, 7) is 4.62. The highest BCUT2D eigenvalue weighted by Gasteiger charge is 2.28. The summed E-state index contributed by atoms with van der Waals surface area (Å²) in [6, 6.07) is 0. The van der Waals surface area contributed by atoms with Crippen LogP contribution in [0.4, 0.5) is 0 Å². The third kappa shape index (κ3) is 47.0. The number of rotatable bonds is 51. The Morgan fingerprint density at radius 3 is 1.15 bits per heavy atom. The van der Waals surface area contributed by atoms with Gasteiger partial charge in [0.15, 0.2) is 6.10 Å². The zero-order valence-electron chi connectivity index (χ0n) is 42.7. The summed E-state index contributed by atoms with van der Waals surface area (Å²) in [5.41, 5.74) is 0. The summed E-state index contributed by atoms with van der Waals surface area (Å²) in [4.78, 5) is 48.3. The first-order valence-corrected chi connectivity index (χ1v) is 28.7. The number of allylic oxidation sites excluding steroid dienone is 4. The van der Waals surface area contributed by atoms with Crippen molar-refractivity contribution in [1.82, 2.24) is 0 Å². The van der Waals surface area contributed by atoms with E-state index in [1.807, 2.05) is 0 Å². The quantitative estimate of drug-likeness (QED) is 0.0197. The van der Waals surface area contributed by atoms with Crippen LogP contribution in [0.25, 0.3) is 0 Å². The second-order valence-electron chi connectivity index (χ2n) is 18.4. The smallest absolute Gasteiger partial charge is 0.462 e. The number of ether oxygens (including phenoxy) is 3. The summed E-state index contributed by atoms with van der Waals surface area (Å²) in [5, 5.41) is 9.77. The summed E-state index contributed by atoms with van der Waals surface area (Å²) < 4.78 is 39.4. The number of aliphatic hydroxyl groups is 1. The number of phosphoric acid groups is 1. The Kier molecular flexibility index (Phi) is 47.9. The molecule has 0 spiro atoms. The normalized spacial score (nSPS) is 13.6. The minimum absolute atomic E-state index is 0.157. The highest BCUT2D eigenvalue weighted by molar-refractivity contribution is 7.47. The van der Waals surface area contributed by atoms with Gasteiger partial charge in [-0.25, -0.2) is 4.57 Å². The molecule has 0 aromatic carbocycles. The number of carbonyl (C=O) groups is 3. The number of aliphatic hydroxyl groups excluding tert-OH is 1. The van der Waals surface area contributed by atoms with Crippen molar-refractivity contribution < 1.29 is 52.2 Å². The maximum atomic E-state index is 12.8. The molecule has 0 radical (unpaired) electrons. The van der Waals surface area contributed by atoms with Gasteiger partial charge in [0.1, 0.15) is 12.7 Å². The minimum atomic E-state index is -4.74. The largest absolute Gasteiger partial charge is 0.472 e. The maximum absolute atomic E-state index is 12.8. The van der Waals surface area contributed by atoms with E-state index in [1.165, 1.54) is 122 Å². The predicted octanol–water partition coefficient (Wildman–Crippen LogP) is 15.5. The lowest BCUT2D eigenvalue weighted by atomic mass is 10.0. The SMILES string of the molecule is CCCCC/C=C\C/C=C\CCCCCCCC(=O)OC(COC(=O)CCCCCCCCCCCCCCC)COP(=O)(O)OCC(CO)OC(=O)CCCCCCCCCCCCC. The van der Waals surface area contributed by atoms with E-state index in [9.17, 15) is 28.9 Å². The average Bonchev–Trinajstić information content (AvgIpc) is 3.30. The summed E-state index contributed by atoms with van der Waals surface area (Å²) in [7, 11) is -4.74. The van der Waals surface area contributed by atoms with Crippen LogP contribution in [0, 0.1) is 0 Å². The molecular formula is C54H101O11P. The second kappa shape index (κ2) is 49.4. The fourth-order valence-electron chi connectivity index (χ4n) is 7.68. The van der Waals surface area contributed by atoms with Gasteiger partial charge in [0.2, 0.25) is 0 Å². The van der Waals surface area contributed by atoms with Crippen molar-refractivity contribution in [2.45, 2.75) is 277 Å². The topological polar surface area (TPSA) is 155 Å². The van der Waals surface area contributed by atoms with E-state index in [0.29, 0.717) is 19.3 Å². The molecule has 0 aliphatic carbocycles. The second-order valence-corrected chi connectivity index (χ2v) is 19.9. The van der Waals surface area contributed by atoms with Gasteiger partial charge in [-0.2, -0.15) is 0 Å². The van der Waals surface area contributed by atoms with Crippen molar-refractivity contribution in [1.29, 1.82) is 0 Å². The van der Waals surface area contributed by atoms with Crippen LogP contribution in [0.15, 0.2) is 24.3 Å². The summed E-state index contributed by atoms with van der Waals surface area (Å²) in [5.74, 6) is -1.46. The third-order valence-electron chi connectivity index (χ3n) is 11.9. The molecule has 11 nitrogen and oxygen atoms in total. The van der Waals surface area contributed by atoms with E-state index in [4.69, 9.17) is 23.3 Å². The Hall–Kier alpha value is -2.04. The van der Waals surface area contributed by atoms with Crippen LogP contribution < -0.4 is 0 Å². The molecule has 0 aromatic rings. The monoisotopic (exact) mass is 957 g/mol. The van der Waals surface area contributed by atoms with Crippen LogP contribution in [0.3, 0.4) is 0 Å². The Morgan fingerprint density at radius 2 is 0.742 bits per heavy atom. The Balaban J connectivity index is 4.73. The van der Waals surface area contributed by atoms with Crippen molar-refractivity contribution in [3.63, 3.8) is 0 Å². The van der Waals surface area contributed by atoms with Crippen LogP contribution in [0.5, 0.6) is 0 Å². The molecule has 66 heavy (non-hydrogen) atoms. The molecule has 0 saturated heterocycles. The Morgan fingerprint density at radius 1 is 0.424 bits per heavy atom. The molecule has 0 aliphatic heterocycles. The van der Waals surface area contributed by atoms with Crippen molar-refractivity contribution in [2.75, 3.05) is 26.4 Å². The molecule has 0 rings (SSSR count). The average molecular weight is 957 g/mol. The number of esters is 3. The first kappa shape index (κ1) is 64.0. The molecule has 0 heterocycles. The van der Waals surface area contributed by atoms with E-state index in [1.54, 1.807) is 0 Å². The highest BCUT2D eigenvalue weighted by Crippen LogP contribution is 2.43. The van der Waals surface area contributed by atoms with E-state index in [2.05, 4.69) is 45.1 Å². The molecule has 0 aliphatic rings. The van der Waals surface area contributed by atoms with Gasteiger partial charge in [-0.15, -0.1) is 0 Å². The van der Waals surface area contributed by atoms with Gasteiger partial charge in [-0.3, -0.25) is 23.4 Å². The fraction of sp³-hybridized carbons (Fsp3) is 0.870. The number of hydrogen-bond donors (Lipinski definition) is 2. The van der Waals surface area contributed by atoms with Crippen LogP contribution >= 0.6 is 7.82 Å². The predicted molar refractivity (Wildman–Crippen MR) is 270 cm³/mol. The fourth-order valence-corrected chi connectivity index (χ4v) is 8.47. The zero-order valence-corrected chi connectivity index (χ0v) is 43.6. The van der Waals surface area contributed by atoms with Gasteiger partial charge in [-0.1, -0.05) is 218 Å². The lowest BCUT2D eigenvalue weighted by Crippen LogP contribution is -2.30. The maximum Gasteiger partial charge on any atom is 0.472 e. The zero-order chi connectivity index (χ0) is 48.4. The minimum Gasteiger partial charge on any atom is -0.462 e. The molecule has 0 aromatic heterocycles. The first-order chi connectivity index (χ1) is 32.2. The van der Waals surface area contributed by atoms with Crippen molar-refractivity contribution >= 4 is 25.7 Å². The lowest BCUT2D eigenvalue weighted by molar-refractivity contribution is -0.161. The number of unbranched alkanes of at least 4 members (excludes halogenated alkanes) is 30. The van der Waals surface area contributed by atoms with Gasteiger partial charge in [0.25, 0.3) is 0 Å². The van der Waals surface area contributed by atoms with Crippen LogP contribution in [-0.4, -0.2) is 66.5 Å². The van der Waals surface area contributed by atoms with Crippen molar-refractivity contribution in [3.8, 4) is 0 Å². The molecule has 0 fully saturated rings. The van der Waals surface area contributed by atoms with E-state index >= 15 is 0 Å². The van der Waals surface area contributed by atoms with E-state index in [0.717, 1.165) is 83.5 Å². The highest BCUT2D eigenvalue weighted by atomic mass is 31.2. The first-order valence-electron chi connectivity index (χ1n) is 27.2. The van der Waals surface area contributed by atoms with Gasteiger partial charge >= 0.3 is 25.7 Å². The molecule has 3 unspecified atom stereocenters. The number of carbonyl (C=O) groups excluding carboxylic acids is 3.